The Morgan fingerprint density at radius 1 is 0.909 bits per heavy atom. The van der Waals surface area contributed by atoms with Crippen molar-refractivity contribution < 1.29 is 13.9 Å². The molecule has 0 aliphatic carbocycles. The number of hydrogen-bond acceptors (Lipinski definition) is 3. The van der Waals surface area contributed by atoms with E-state index in [0.29, 0.717) is 6.42 Å². The fourth-order valence-electron chi connectivity index (χ4n) is 5.07. The molecule has 0 saturated carbocycles. The summed E-state index contributed by atoms with van der Waals surface area (Å²) in [6.45, 7) is 1.96. The van der Waals surface area contributed by atoms with Crippen LogP contribution in [0.15, 0.2) is 89.5 Å². The summed E-state index contributed by atoms with van der Waals surface area (Å²) in [7, 11) is 1.71. The number of likely N-dealkylation sites (N-methyl/N-ethyl adjacent to an activating group) is 1. The van der Waals surface area contributed by atoms with Crippen LogP contribution in [0.5, 0.6) is 11.5 Å². The first-order valence-corrected chi connectivity index (χ1v) is 11.4. The molecule has 0 saturated heterocycles. The number of ether oxygens (including phenoxy) is 1. The second-order valence-corrected chi connectivity index (χ2v) is 8.54. The van der Waals surface area contributed by atoms with Gasteiger partial charge in [-0.15, -0.1) is 0 Å². The van der Waals surface area contributed by atoms with Crippen molar-refractivity contribution in [3.05, 3.63) is 108 Å². The number of amides is 1. The van der Waals surface area contributed by atoms with Crippen molar-refractivity contribution in [1.29, 1.82) is 0 Å². The zero-order chi connectivity index (χ0) is 22.8. The maximum Gasteiger partial charge on any atom is 0.235 e. The summed E-state index contributed by atoms with van der Waals surface area (Å²) in [6, 6.07) is 26.3. The van der Waals surface area contributed by atoms with Gasteiger partial charge < -0.3 is 14.5 Å². The Hall–Kier alpha value is -3.79. The van der Waals surface area contributed by atoms with Crippen molar-refractivity contribution in [1.82, 2.24) is 5.32 Å². The third-order valence-corrected chi connectivity index (χ3v) is 6.59. The fraction of sp³-hybridized carbons (Fsp3) is 0.207. The average molecular weight is 438 g/mol. The van der Waals surface area contributed by atoms with E-state index < -0.39 is 5.41 Å². The van der Waals surface area contributed by atoms with Gasteiger partial charge >= 0.3 is 0 Å². The van der Waals surface area contributed by atoms with E-state index in [4.69, 9.17) is 9.15 Å². The monoisotopic (exact) mass is 437 g/mol. The molecule has 0 spiro atoms. The van der Waals surface area contributed by atoms with Gasteiger partial charge in [0.25, 0.3) is 0 Å². The number of nitrogens with one attached hydrogen (secondary N) is 1. The number of carbonyl (C=O) groups excluding carboxylic acids is 1. The largest absolute Gasteiger partial charge is 0.469 e. The number of benzene rings is 3. The first-order valence-electron chi connectivity index (χ1n) is 11.4. The van der Waals surface area contributed by atoms with Crippen LogP contribution in [0.2, 0.25) is 0 Å². The molecule has 0 bridgehead atoms. The maximum atomic E-state index is 13.6. The predicted molar refractivity (Wildman–Crippen MR) is 130 cm³/mol. The lowest BCUT2D eigenvalue weighted by atomic mass is 9.68. The summed E-state index contributed by atoms with van der Waals surface area (Å²) < 4.78 is 11.7. The molecule has 0 unspecified atom stereocenters. The van der Waals surface area contributed by atoms with Crippen molar-refractivity contribution in [3.63, 3.8) is 0 Å². The van der Waals surface area contributed by atoms with E-state index in [1.54, 1.807) is 7.05 Å². The number of carbonyl (C=O) groups is 1. The molecule has 1 N–H and O–H groups in total. The van der Waals surface area contributed by atoms with Crippen molar-refractivity contribution >= 4 is 5.91 Å². The number of para-hydroxylation sites is 2. The first kappa shape index (κ1) is 21.1. The van der Waals surface area contributed by atoms with Crippen LogP contribution in [0.25, 0.3) is 11.1 Å². The molecule has 5 rings (SSSR count). The zero-order valence-corrected chi connectivity index (χ0v) is 18.9. The number of rotatable bonds is 6. The van der Waals surface area contributed by atoms with Crippen LogP contribution in [0.4, 0.5) is 0 Å². The minimum Gasteiger partial charge on any atom is -0.469 e. The second kappa shape index (κ2) is 8.62. The highest BCUT2D eigenvalue weighted by Crippen LogP contribution is 2.50. The summed E-state index contributed by atoms with van der Waals surface area (Å²) in [5.74, 6) is 2.38. The zero-order valence-electron chi connectivity index (χ0n) is 18.9. The molecule has 1 aliphatic heterocycles. The van der Waals surface area contributed by atoms with Crippen molar-refractivity contribution in [2.45, 2.75) is 31.6 Å². The van der Waals surface area contributed by atoms with Crippen LogP contribution in [0.3, 0.4) is 0 Å². The molecule has 3 aromatic carbocycles. The SMILES string of the molecule is CNC(=O)C1(CCCc2ccccc2-c2coc(C)c2)c2ccccc2Oc2ccccc21. The standard InChI is InChI=1S/C29H27NO3/c1-20-18-22(19-32-20)23-12-4-3-10-21(23)11-9-17-29(28(31)30-2)24-13-5-7-15-26(24)33-27-16-8-6-14-25(27)29/h3-8,10,12-16,18-19H,9,11,17H2,1-2H3,(H,30,31). The van der Waals surface area contributed by atoms with Gasteiger partial charge in [0.1, 0.15) is 22.7 Å². The molecule has 4 aromatic rings. The summed E-state index contributed by atoms with van der Waals surface area (Å²) >= 11 is 0. The smallest absolute Gasteiger partial charge is 0.235 e. The molecule has 0 radical (unpaired) electrons. The molecule has 1 aromatic heterocycles. The van der Waals surface area contributed by atoms with Crippen LogP contribution in [0, 0.1) is 6.92 Å². The van der Waals surface area contributed by atoms with E-state index in [2.05, 4.69) is 35.6 Å². The lowest BCUT2D eigenvalue weighted by Gasteiger charge is -2.39. The van der Waals surface area contributed by atoms with Crippen LogP contribution < -0.4 is 10.1 Å². The molecule has 166 valence electrons. The van der Waals surface area contributed by atoms with E-state index in [-0.39, 0.29) is 5.91 Å². The van der Waals surface area contributed by atoms with Gasteiger partial charge in [-0.2, -0.15) is 0 Å². The predicted octanol–water partition coefficient (Wildman–Crippen LogP) is 6.42. The summed E-state index contributed by atoms with van der Waals surface area (Å²) in [4.78, 5) is 13.6. The molecule has 0 fully saturated rings. The molecule has 2 heterocycles. The number of hydrogen-bond donors (Lipinski definition) is 1. The van der Waals surface area contributed by atoms with Crippen LogP contribution >= 0.6 is 0 Å². The van der Waals surface area contributed by atoms with E-state index in [0.717, 1.165) is 46.8 Å². The Labute approximate surface area is 194 Å². The lowest BCUT2D eigenvalue weighted by molar-refractivity contribution is -0.125. The quantitative estimate of drug-likeness (QED) is 0.379. The van der Waals surface area contributed by atoms with Crippen LogP contribution in [-0.4, -0.2) is 13.0 Å². The van der Waals surface area contributed by atoms with E-state index in [9.17, 15) is 4.79 Å². The Balaban J connectivity index is 1.52. The molecule has 0 atom stereocenters. The van der Waals surface area contributed by atoms with Crippen LogP contribution in [0.1, 0.15) is 35.3 Å². The Morgan fingerprint density at radius 3 is 2.18 bits per heavy atom. The highest BCUT2D eigenvalue weighted by molar-refractivity contribution is 5.94. The third-order valence-electron chi connectivity index (χ3n) is 6.59. The van der Waals surface area contributed by atoms with Gasteiger partial charge in [0.15, 0.2) is 0 Å². The fourth-order valence-corrected chi connectivity index (χ4v) is 5.07. The van der Waals surface area contributed by atoms with Crippen molar-refractivity contribution in [2.75, 3.05) is 7.05 Å². The minimum absolute atomic E-state index is 0.00977. The average Bonchev–Trinajstić information content (AvgIpc) is 3.29. The lowest BCUT2D eigenvalue weighted by Crippen LogP contribution is -2.45. The molecule has 1 aliphatic rings. The van der Waals surface area contributed by atoms with Crippen LogP contribution in [-0.2, 0) is 16.6 Å². The van der Waals surface area contributed by atoms with Gasteiger partial charge in [-0.25, -0.2) is 0 Å². The number of furan rings is 1. The van der Waals surface area contributed by atoms with E-state index in [1.165, 1.54) is 11.1 Å². The molecule has 1 amide bonds. The third kappa shape index (κ3) is 3.62. The number of aryl methyl sites for hydroxylation is 2. The summed E-state index contributed by atoms with van der Waals surface area (Å²) in [5, 5.41) is 2.94. The summed E-state index contributed by atoms with van der Waals surface area (Å²) in [5.41, 5.74) is 4.55. The Kier molecular flexibility index (Phi) is 5.51. The normalized spacial score (nSPS) is 13.5. The van der Waals surface area contributed by atoms with Crippen molar-refractivity contribution in [2.24, 2.45) is 0 Å². The molecule has 4 heteroatoms. The van der Waals surface area contributed by atoms with Gasteiger partial charge in [-0.05, 0) is 55.5 Å². The maximum absolute atomic E-state index is 13.6. The van der Waals surface area contributed by atoms with Gasteiger partial charge in [0.2, 0.25) is 5.91 Å². The van der Waals surface area contributed by atoms with Gasteiger partial charge in [-0.1, -0.05) is 60.7 Å². The Morgan fingerprint density at radius 2 is 1.55 bits per heavy atom. The first-order chi connectivity index (χ1) is 16.1. The molecule has 4 nitrogen and oxygen atoms in total. The minimum atomic E-state index is -0.804. The molecular weight excluding hydrogens is 410 g/mol. The second-order valence-electron chi connectivity index (χ2n) is 8.54. The van der Waals surface area contributed by atoms with Crippen molar-refractivity contribution in [3.8, 4) is 22.6 Å². The van der Waals surface area contributed by atoms with Gasteiger partial charge in [0, 0.05) is 23.7 Å². The topological polar surface area (TPSA) is 51.5 Å². The van der Waals surface area contributed by atoms with Gasteiger partial charge in [-0.3, -0.25) is 4.79 Å². The van der Waals surface area contributed by atoms with Gasteiger partial charge in [0.05, 0.1) is 6.26 Å². The van der Waals surface area contributed by atoms with E-state index >= 15 is 0 Å². The molecule has 33 heavy (non-hydrogen) atoms. The highest BCUT2D eigenvalue weighted by Gasteiger charge is 2.47. The highest BCUT2D eigenvalue weighted by atomic mass is 16.5. The summed E-state index contributed by atoms with van der Waals surface area (Å²) in [6.07, 6.45) is 4.17. The number of fused-ring (bicyclic) bond motifs is 2. The van der Waals surface area contributed by atoms with E-state index in [1.807, 2.05) is 61.7 Å². The molecular formula is C29H27NO3. The Bertz CT molecular complexity index is 1260.